The first-order valence-corrected chi connectivity index (χ1v) is 6.53. The Kier molecular flexibility index (Phi) is 6.26. The van der Waals surface area contributed by atoms with E-state index < -0.39 is 0 Å². The molecule has 110 valence electrons. The lowest BCUT2D eigenvalue weighted by Crippen LogP contribution is -2.25. The summed E-state index contributed by atoms with van der Waals surface area (Å²) in [6.07, 6.45) is 0.828. The second-order valence-electron chi connectivity index (χ2n) is 4.55. The minimum atomic E-state index is -0.208. The molecule has 3 N–H and O–H groups in total. The molecule has 2 rings (SSSR count). The third-order valence-corrected chi connectivity index (χ3v) is 3.22. The van der Waals surface area contributed by atoms with Gasteiger partial charge >= 0.3 is 0 Å². The molecular formula is C13H17Cl2N3O2. The number of benzene rings is 1. The fourth-order valence-corrected chi connectivity index (χ4v) is 2.20. The third-order valence-electron chi connectivity index (χ3n) is 2.98. The van der Waals surface area contributed by atoms with Crippen LogP contribution < -0.4 is 16.0 Å². The average molecular weight is 318 g/mol. The molecule has 1 atom stereocenters. The molecule has 1 aliphatic heterocycles. The number of amides is 2. The van der Waals surface area contributed by atoms with Crippen LogP contribution in [0.25, 0.3) is 0 Å². The van der Waals surface area contributed by atoms with Crippen molar-refractivity contribution in [3.8, 4) is 0 Å². The van der Waals surface area contributed by atoms with E-state index in [1.54, 1.807) is 18.2 Å². The largest absolute Gasteiger partial charge is 0.324 e. The van der Waals surface area contributed by atoms with E-state index in [-0.39, 0.29) is 30.1 Å². The van der Waals surface area contributed by atoms with Gasteiger partial charge in [0.15, 0.2) is 0 Å². The summed E-state index contributed by atoms with van der Waals surface area (Å²) < 4.78 is 0. The van der Waals surface area contributed by atoms with Crippen LogP contribution >= 0.6 is 24.0 Å². The topological polar surface area (TPSA) is 70.2 Å². The molecule has 5 nitrogen and oxygen atoms in total. The molecule has 1 fully saturated rings. The molecule has 20 heavy (non-hydrogen) atoms. The van der Waals surface area contributed by atoms with Gasteiger partial charge in [-0.15, -0.1) is 12.4 Å². The number of anilines is 2. The predicted octanol–water partition coefficient (Wildman–Crippen LogP) is 2.27. The molecule has 2 amide bonds. The zero-order chi connectivity index (χ0) is 13.8. The molecule has 1 aliphatic rings. The third kappa shape index (κ3) is 4.37. The van der Waals surface area contributed by atoms with Crippen LogP contribution in [0.4, 0.5) is 11.4 Å². The first-order chi connectivity index (χ1) is 9.06. The Morgan fingerprint density at radius 2 is 2.05 bits per heavy atom. The highest BCUT2D eigenvalue weighted by Gasteiger charge is 2.23. The summed E-state index contributed by atoms with van der Waals surface area (Å²) >= 11 is 5.89. The van der Waals surface area contributed by atoms with Crippen LogP contribution in [-0.4, -0.2) is 24.9 Å². The lowest BCUT2D eigenvalue weighted by atomic mass is 10.1. The van der Waals surface area contributed by atoms with E-state index in [0.29, 0.717) is 22.9 Å². The number of rotatable bonds is 3. The van der Waals surface area contributed by atoms with Crippen LogP contribution in [0.2, 0.25) is 5.02 Å². The molecule has 1 saturated heterocycles. The van der Waals surface area contributed by atoms with E-state index in [1.807, 2.05) is 0 Å². The summed E-state index contributed by atoms with van der Waals surface area (Å²) in [5.41, 5.74) is 1.08. The van der Waals surface area contributed by atoms with Crippen molar-refractivity contribution in [3.63, 3.8) is 0 Å². The van der Waals surface area contributed by atoms with Crippen LogP contribution in [0.1, 0.15) is 13.3 Å². The summed E-state index contributed by atoms with van der Waals surface area (Å²) in [5, 5.41) is 9.14. The van der Waals surface area contributed by atoms with Gasteiger partial charge in [-0.25, -0.2) is 0 Å². The van der Waals surface area contributed by atoms with Gasteiger partial charge in [0, 0.05) is 18.5 Å². The van der Waals surface area contributed by atoms with Gasteiger partial charge in [0.25, 0.3) is 0 Å². The van der Waals surface area contributed by atoms with Gasteiger partial charge in [0.2, 0.25) is 11.8 Å². The van der Waals surface area contributed by atoms with Crippen molar-refractivity contribution in [1.82, 2.24) is 5.32 Å². The van der Waals surface area contributed by atoms with Crippen molar-refractivity contribution in [2.75, 3.05) is 23.7 Å². The first kappa shape index (κ1) is 16.8. The second kappa shape index (κ2) is 7.47. The lowest BCUT2D eigenvalue weighted by Gasteiger charge is -2.14. The molecule has 7 heteroatoms. The number of hydrogen-bond donors (Lipinski definition) is 3. The fourth-order valence-electron chi connectivity index (χ4n) is 2.03. The molecule has 0 spiro atoms. The maximum atomic E-state index is 12.0. The zero-order valence-corrected chi connectivity index (χ0v) is 12.6. The number of carbonyl (C=O) groups excluding carboxylic acids is 2. The Hall–Kier alpha value is -1.30. The SMILES string of the molecule is CC(=O)Nc1cc(Cl)ccc1NC(=O)C1CCNC1.Cl. The number of hydrogen-bond acceptors (Lipinski definition) is 3. The zero-order valence-electron chi connectivity index (χ0n) is 11.0. The van der Waals surface area contributed by atoms with E-state index in [9.17, 15) is 9.59 Å². The quantitative estimate of drug-likeness (QED) is 0.801. The smallest absolute Gasteiger partial charge is 0.228 e. The Morgan fingerprint density at radius 1 is 1.30 bits per heavy atom. The summed E-state index contributed by atoms with van der Waals surface area (Å²) in [7, 11) is 0. The van der Waals surface area contributed by atoms with Crippen molar-refractivity contribution in [2.24, 2.45) is 5.92 Å². The summed E-state index contributed by atoms with van der Waals surface area (Å²) in [5.74, 6) is -0.278. The van der Waals surface area contributed by atoms with Crippen LogP contribution in [-0.2, 0) is 9.59 Å². The van der Waals surface area contributed by atoms with Crippen molar-refractivity contribution < 1.29 is 9.59 Å². The summed E-state index contributed by atoms with van der Waals surface area (Å²) in [6.45, 7) is 2.96. The van der Waals surface area contributed by atoms with E-state index >= 15 is 0 Å². The Labute approximate surface area is 128 Å². The van der Waals surface area contributed by atoms with Gasteiger partial charge < -0.3 is 16.0 Å². The molecule has 1 aromatic rings. The van der Waals surface area contributed by atoms with Crippen molar-refractivity contribution >= 4 is 47.2 Å². The fraction of sp³-hybridized carbons (Fsp3) is 0.385. The Balaban J connectivity index is 0.00000200. The van der Waals surface area contributed by atoms with E-state index in [4.69, 9.17) is 11.6 Å². The molecule has 0 aromatic heterocycles. The number of carbonyl (C=O) groups is 2. The van der Waals surface area contributed by atoms with Gasteiger partial charge in [-0.05, 0) is 31.2 Å². The second-order valence-corrected chi connectivity index (χ2v) is 4.99. The highest BCUT2D eigenvalue weighted by Crippen LogP contribution is 2.26. The number of nitrogens with one attached hydrogen (secondary N) is 3. The minimum absolute atomic E-state index is 0. The van der Waals surface area contributed by atoms with Crippen LogP contribution in [0.5, 0.6) is 0 Å². The molecule has 0 bridgehead atoms. The van der Waals surface area contributed by atoms with Crippen molar-refractivity contribution in [3.05, 3.63) is 23.2 Å². The van der Waals surface area contributed by atoms with Crippen LogP contribution in [0.3, 0.4) is 0 Å². The Bertz CT molecular complexity index is 502. The molecule has 0 saturated carbocycles. The van der Waals surface area contributed by atoms with E-state index in [2.05, 4.69) is 16.0 Å². The minimum Gasteiger partial charge on any atom is -0.324 e. The predicted molar refractivity (Wildman–Crippen MR) is 82.6 cm³/mol. The van der Waals surface area contributed by atoms with E-state index in [0.717, 1.165) is 13.0 Å². The highest BCUT2D eigenvalue weighted by molar-refractivity contribution is 6.31. The van der Waals surface area contributed by atoms with Gasteiger partial charge in [-0.2, -0.15) is 0 Å². The number of halogens is 2. The molecule has 1 unspecified atom stereocenters. The highest BCUT2D eigenvalue weighted by atomic mass is 35.5. The monoisotopic (exact) mass is 317 g/mol. The first-order valence-electron chi connectivity index (χ1n) is 6.15. The molecule has 0 radical (unpaired) electrons. The van der Waals surface area contributed by atoms with Gasteiger partial charge in [0.05, 0.1) is 17.3 Å². The summed E-state index contributed by atoms with van der Waals surface area (Å²) in [6, 6.07) is 4.98. The maximum Gasteiger partial charge on any atom is 0.228 e. The normalized spacial score (nSPS) is 17.2. The van der Waals surface area contributed by atoms with Gasteiger partial charge in [0.1, 0.15) is 0 Å². The van der Waals surface area contributed by atoms with Crippen LogP contribution in [0.15, 0.2) is 18.2 Å². The standard InChI is InChI=1S/C13H16ClN3O2.ClH/c1-8(18)16-12-6-10(14)2-3-11(12)17-13(19)9-4-5-15-7-9;/h2-3,6,9,15H,4-5,7H2,1H3,(H,16,18)(H,17,19);1H. The van der Waals surface area contributed by atoms with Crippen molar-refractivity contribution in [1.29, 1.82) is 0 Å². The molecule has 1 aromatic carbocycles. The Morgan fingerprint density at radius 3 is 2.65 bits per heavy atom. The summed E-state index contributed by atoms with van der Waals surface area (Å²) in [4.78, 5) is 23.2. The average Bonchev–Trinajstić information content (AvgIpc) is 2.85. The molecule has 1 heterocycles. The van der Waals surface area contributed by atoms with Crippen LogP contribution in [0, 0.1) is 5.92 Å². The molecule has 0 aliphatic carbocycles. The lowest BCUT2D eigenvalue weighted by molar-refractivity contribution is -0.119. The van der Waals surface area contributed by atoms with Gasteiger partial charge in [-0.1, -0.05) is 11.6 Å². The maximum absolute atomic E-state index is 12.0. The van der Waals surface area contributed by atoms with Crippen molar-refractivity contribution in [2.45, 2.75) is 13.3 Å². The van der Waals surface area contributed by atoms with E-state index in [1.165, 1.54) is 6.92 Å². The molecular weight excluding hydrogens is 301 g/mol. The van der Waals surface area contributed by atoms with Gasteiger partial charge in [-0.3, -0.25) is 9.59 Å².